The van der Waals surface area contributed by atoms with Crippen LogP contribution in [0.3, 0.4) is 0 Å². The molecule has 0 aromatic heterocycles. The van der Waals surface area contributed by atoms with Crippen LogP contribution in [0.4, 0.5) is 4.79 Å². The number of alkyl carbamates (subject to hydrolysis) is 1. The summed E-state index contributed by atoms with van der Waals surface area (Å²) in [5.74, 6) is -0.718. The third kappa shape index (κ3) is 6.08. The zero-order chi connectivity index (χ0) is 15.2. The molecular formula is C14H18NO5-. The van der Waals surface area contributed by atoms with Crippen molar-refractivity contribution in [3.8, 4) is 5.75 Å². The van der Waals surface area contributed by atoms with E-state index in [0.29, 0.717) is 5.75 Å². The van der Waals surface area contributed by atoms with Gasteiger partial charge in [0, 0.05) is 0 Å². The van der Waals surface area contributed by atoms with Crippen molar-refractivity contribution in [3.63, 3.8) is 0 Å². The Morgan fingerprint density at radius 1 is 1.20 bits per heavy atom. The van der Waals surface area contributed by atoms with Gasteiger partial charge in [0.2, 0.25) is 0 Å². The van der Waals surface area contributed by atoms with E-state index in [0.717, 1.165) is 0 Å². The van der Waals surface area contributed by atoms with E-state index < -0.39 is 17.7 Å². The molecular weight excluding hydrogens is 262 g/mol. The Labute approximate surface area is 117 Å². The lowest BCUT2D eigenvalue weighted by Crippen LogP contribution is -2.34. The Kier molecular flexibility index (Phi) is 5.37. The molecule has 1 N–H and O–H groups in total. The number of carbonyl (C=O) groups is 2. The second-order valence-electron chi connectivity index (χ2n) is 5.09. The average molecular weight is 280 g/mol. The fourth-order valence-corrected chi connectivity index (χ4v) is 1.32. The monoisotopic (exact) mass is 280 g/mol. The number of carboxylic acid groups (broad SMARTS) is 1. The molecule has 0 heterocycles. The SMILES string of the molecule is CC(C)(C)OC(=O)NCCOc1ccc(C(=O)[O-])cc1. The Morgan fingerprint density at radius 3 is 2.30 bits per heavy atom. The van der Waals surface area contributed by atoms with Gasteiger partial charge in [-0.15, -0.1) is 0 Å². The Hall–Kier alpha value is -2.24. The molecule has 1 aromatic rings. The van der Waals surface area contributed by atoms with E-state index in [1.54, 1.807) is 20.8 Å². The topological polar surface area (TPSA) is 87.7 Å². The lowest BCUT2D eigenvalue weighted by atomic mass is 10.2. The van der Waals surface area contributed by atoms with E-state index in [9.17, 15) is 14.7 Å². The molecule has 0 saturated heterocycles. The van der Waals surface area contributed by atoms with Crippen molar-refractivity contribution >= 4 is 12.1 Å². The fraction of sp³-hybridized carbons (Fsp3) is 0.429. The van der Waals surface area contributed by atoms with Gasteiger partial charge in [-0.25, -0.2) is 4.79 Å². The van der Waals surface area contributed by atoms with Crippen molar-refractivity contribution in [2.24, 2.45) is 0 Å². The molecule has 1 amide bonds. The molecule has 0 saturated carbocycles. The second kappa shape index (κ2) is 6.79. The van der Waals surface area contributed by atoms with Crippen LogP contribution in [0.15, 0.2) is 24.3 Å². The average Bonchev–Trinajstić information content (AvgIpc) is 2.33. The van der Waals surface area contributed by atoms with Crippen molar-refractivity contribution in [1.29, 1.82) is 0 Å². The highest BCUT2D eigenvalue weighted by molar-refractivity contribution is 5.85. The lowest BCUT2D eigenvalue weighted by molar-refractivity contribution is -0.255. The molecule has 0 atom stereocenters. The van der Waals surface area contributed by atoms with E-state index in [-0.39, 0.29) is 18.7 Å². The van der Waals surface area contributed by atoms with Gasteiger partial charge >= 0.3 is 6.09 Å². The standard InChI is InChI=1S/C14H19NO5/c1-14(2,3)20-13(18)15-8-9-19-11-6-4-10(5-7-11)12(16)17/h4-7H,8-9H2,1-3H3,(H,15,18)(H,16,17)/p-1. The highest BCUT2D eigenvalue weighted by atomic mass is 16.6. The van der Waals surface area contributed by atoms with Gasteiger partial charge in [-0.1, -0.05) is 0 Å². The van der Waals surface area contributed by atoms with Crippen LogP contribution in [0.25, 0.3) is 0 Å². The first-order valence-electron chi connectivity index (χ1n) is 6.19. The minimum absolute atomic E-state index is 0.0872. The van der Waals surface area contributed by atoms with Gasteiger partial charge in [0.15, 0.2) is 0 Å². The summed E-state index contributed by atoms with van der Waals surface area (Å²) in [6.07, 6.45) is -0.506. The van der Waals surface area contributed by atoms with Crippen LogP contribution < -0.4 is 15.2 Å². The molecule has 1 aromatic carbocycles. The van der Waals surface area contributed by atoms with Gasteiger partial charge in [-0.05, 0) is 50.6 Å². The third-order valence-electron chi connectivity index (χ3n) is 2.13. The van der Waals surface area contributed by atoms with Crippen molar-refractivity contribution in [2.75, 3.05) is 13.2 Å². The minimum atomic E-state index is -1.23. The maximum absolute atomic E-state index is 11.3. The number of carboxylic acids is 1. The van der Waals surface area contributed by atoms with Crippen LogP contribution in [-0.2, 0) is 4.74 Å². The summed E-state index contributed by atoms with van der Waals surface area (Å²) in [6, 6.07) is 5.84. The Bertz CT molecular complexity index is 461. The van der Waals surface area contributed by atoms with E-state index in [1.807, 2.05) is 0 Å². The third-order valence-corrected chi connectivity index (χ3v) is 2.13. The number of ether oxygens (including phenoxy) is 2. The first kappa shape index (κ1) is 15.8. The predicted molar refractivity (Wildman–Crippen MR) is 70.5 cm³/mol. The maximum Gasteiger partial charge on any atom is 0.407 e. The van der Waals surface area contributed by atoms with E-state index in [2.05, 4.69) is 5.32 Å². The molecule has 0 aliphatic heterocycles. The van der Waals surface area contributed by atoms with Crippen molar-refractivity contribution in [1.82, 2.24) is 5.32 Å². The zero-order valence-corrected chi connectivity index (χ0v) is 11.8. The molecule has 20 heavy (non-hydrogen) atoms. The smallest absolute Gasteiger partial charge is 0.407 e. The summed E-state index contributed by atoms with van der Waals surface area (Å²) in [5, 5.41) is 13.1. The summed E-state index contributed by atoms with van der Waals surface area (Å²) in [4.78, 5) is 21.9. The number of aromatic carboxylic acids is 1. The van der Waals surface area contributed by atoms with Crippen LogP contribution in [0.1, 0.15) is 31.1 Å². The summed E-state index contributed by atoms with van der Waals surface area (Å²) < 4.78 is 10.4. The summed E-state index contributed by atoms with van der Waals surface area (Å²) >= 11 is 0. The maximum atomic E-state index is 11.3. The summed E-state index contributed by atoms with van der Waals surface area (Å²) in [5.41, 5.74) is -0.449. The van der Waals surface area contributed by atoms with Crippen molar-refractivity contribution in [3.05, 3.63) is 29.8 Å². The van der Waals surface area contributed by atoms with Gasteiger partial charge in [-0.3, -0.25) is 0 Å². The first-order valence-corrected chi connectivity index (χ1v) is 6.19. The minimum Gasteiger partial charge on any atom is -0.545 e. The lowest BCUT2D eigenvalue weighted by Gasteiger charge is -2.19. The highest BCUT2D eigenvalue weighted by Gasteiger charge is 2.15. The molecule has 6 heteroatoms. The van der Waals surface area contributed by atoms with E-state index >= 15 is 0 Å². The number of benzene rings is 1. The molecule has 1 rings (SSSR count). The van der Waals surface area contributed by atoms with Crippen LogP contribution in [0, 0.1) is 0 Å². The Balaban J connectivity index is 2.27. The summed E-state index contributed by atoms with van der Waals surface area (Å²) in [7, 11) is 0. The van der Waals surface area contributed by atoms with E-state index in [4.69, 9.17) is 9.47 Å². The zero-order valence-electron chi connectivity index (χ0n) is 11.8. The number of hydrogen-bond donors (Lipinski definition) is 1. The molecule has 0 aliphatic rings. The second-order valence-corrected chi connectivity index (χ2v) is 5.09. The number of amides is 1. The van der Waals surface area contributed by atoms with Crippen LogP contribution in [0.2, 0.25) is 0 Å². The number of hydrogen-bond acceptors (Lipinski definition) is 5. The molecule has 0 aliphatic carbocycles. The quantitative estimate of drug-likeness (QED) is 0.811. The normalized spacial score (nSPS) is 10.8. The van der Waals surface area contributed by atoms with Crippen molar-refractivity contribution in [2.45, 2.75) is 26.4 Å². The molecule has 0 unspecified atom stereocenters. The molecule has 6 nitrogen and oxygen atoms in total. The molecule has 0 radical (unpaired) electrons. The van der Waals surface area contributed by atoms with Gasteiger partial charge in [0.05, 0.1) is 12.5 Å². The van der Waals surface area contributed by atoms with Crippen molar-refractivity contribution < 1.29 is 24.2 Å². The van der Waals surface area contributed by atoms with Gasteiger partial charge in [-0.2, -0.15) is 0 Å². The van der Waals surface area contributed by atoms with Crippen LogP contribution in [0.5, 0.6) is 5.75 Å². The summed E-state index contributed by atoms with van der Waals surface area (Å²) in [6.45, 7) is 5.88. The van der Waals surface area contributed by atoms with Gasteiger partial charge in [0.1, 0.15) is 18.0 Å². The number of rotatable bonds is 5. The number of carbonyl (C=O) groups excluding carboxylic acids is 2. The molecule has 0 bridgehead atoms. The van der Waals surface area contributed by atoms with Crippen LogP contribution >= 0.6 is 0 Å². The molecule has 110 valence electrons. The molecule has 0 fully saturated rings. The number of nitrogens with one attached hydrogen (secondary N) is 1. The first-order chi connectivity index (χ1) is 9.28. The largest absolute Gasteiger partial charge is 0.545 e. The van der Waals surface area contributed by atoms with Crippen LogP contribution in [-0.4, -0.2) is 30.8 Å². The van der Waals surface area contributed by atoms with E-state index in [1.165, 1.54) is 24.3 Å². The Morgan fingerprint density at radius 2 is 1.80 bits per heavy atom. The fourth-order valence-electron chi connectivity index (χ4n) is 1.32. The van der Waals surface area contributed by atoms with Gasteiger partial charge < -0.3 is 24.7 Å². The van der Waals surface area contributed by atoms with Gasteiger partial charge in [0.25, 0.3) is 0 Å². The highest BCUT2D eigenvalue weighted by Crippen LogP contribution is 2.11. The predicted octanol–water partition coefficient (Wildman–Crippen LogP) is 0.954. The molecule has 0 spiro atoms.